The van der Waals surface area contributed by atoms with Crippen molar-refractivity contribution in [3.63, 3.8) is 0 Å². The first-order valence-electron chi connectivity index (χ1n) is 9.61. The summed E-state index contributed by atoms with van der Waals surface area (Å²) in [6, 6.07) is 28.9. The van der Waals surface area contributed by atoms with Gasteiger partial charge >= 0.3 is 0 Å². The number of rotatable bonds is 4. The van der Waals surface area contributed by atoms with Crippen LogP contribution in [0.25, 0.3) is 0 Å². The maximum absolute atomic E-state index is 12.8. The lowest BCUT2D eigenvalue weighted by atomic mass is 9.96. The Balaban J connectivity index is 1.53. The quantitative estimate of drug-likeness (QED) is 0.576. The van der Waals surface area contributed by atoms with Crippen LogP contribution in [0, 0.1) is 0 Å². The Hall–Kier alpha value is -2.43. The maximum Gasteiger partial charge on any atom is 0.253 e. The molecule has 4 rings (SSSR count). The third-order valence-corrected chi connectivity index (χ3v) is 5.82. The molecule has 1 saturated heterocycles. The Kier molecular flexibility index (Phi) is 5.89. The van der Waals surface area contributed by atoms with E-state index in [1.54, 1.807) is 0 Å². The van der Waals surface area contributed by atoms with E-state index in [0.29, 0.717) is 0 Å². The molecule has 28 heavy (non-hydrogen) atoms. The first kappa shape index (κ1) is 18.9. The summed E-state index contributed by atoms with van der Waals surface area (Å²) in [7, 11) is 0. The van der Waals surface area contributed by atoms with Gasteiger partial charge in [0, 0.05) is 36.2 Å². The van der Waals surface area contributed by atoms with Gasteiger partial charge in [-0.15, -0.1) is 0 Å². The minimum absolute atomic E-state index is 0.125. The number of piperazine rings is 1. The first-order valence-corrected chi connectivity index (χ1v) is 10.4. The molecule has 3 nitrogen and oxygen atoms in total. The number of carbonyl (C=O) groups excluding carboxylic acids is 1. The van der Waals surface area contributed by atoms with E-state index < -0.39 is 0 Å². The van der Waals surface area contributed by atoms with Gasteiger partial charge in [0.25, 0.3) is 5.91 Å². The third-order valence-electron chi connectivity index (χ3n) is 5.29. The molecule has 1 amide bonds. The molecule has 0 saturated carbocycles. The van der Waals surface area contributed by atoms with Crippen LogP contribution < -0.4 is 0 Å². The van der Waals surface area contributed by atoms with E-state index in [0.717, 1.165) is 36.2 Å². The third kappa shape index (κ3) is 4.18. The summed E-state index contributed by atoms with van der Waals surface area (Å²) in [6.45, 7) is 3.20. The van der Waals surface area contributed by atoms with E-state index in [1.807, 2.05) is 35.2 Å². The largest absolute Gasteiger partial charge is 0.336 e. The fourth-order valence-corrected chi connectivity index (χ4v) is 4.11. The molecule has 1 fully saturated rings. The van der Waals surface area contributed by atoms with Gasteiger partial charge in [-0.05, 0) is 35.4 Å². The molecule has 1 aliphatic heterocycles. The second-order valence-corrected chi connectivity index (χ2v) is 7.97. The molecular weight excluding hydrogens is 412 g/mol. The topological polar surface area (TPSA) is 23.6 Å². The first-order chi connectivity index (χ1) is 13.7. The fraction of sp³-hybridized carbons (Fsp3) is 0.208. The summed E-state index contributed by atoms with van der Waals surface area (Å²) in [5.74, 6) is 0.125. The van der Waals surface area contributed by atoms with Crippen molar-refractivity contribution in [2.24, 2.45) is 0 Å². The molecule has 1 heterocycles. The number of hydrogen-bond donors (Lipinski definition) is 0. The van der Waals surface area contributed by atoms with Crippen molar-refractivity contribution in [2.45, 2.75) is 6.04 Å². The van der Waals surface area contributed by atoms with E-state index in [4.69, 9.17) is 0 Å². The van der Waals surface area contributed by atoms with Crippen LogP contribution in [0.15, 0.2) is 89.4 Å². The van der Waals surface area contributed by atoms with E-state index in [-0.39, 0.29) is 11.9 Å². The summed E-state index contributed by atoms with van der Waals surface area (Å²) in [4.78, 5) is 17.2. The summed E-state index contributed by atoms with van der Waals surface area (Å²) in [5, 5.41) is 0. The van der Waals surface area contributed by atoms with Gasteiger partial charge in [0.2, 0.25) is 0 Å². The average Bonchev–Trinajstić information content (AvgIpc) is 2.77. The van der Waals surface area contributed by atoms with Crippen LogP contribution in [0.2, 0.25) is 0 Å². The van der Waals surface area contributed by atoms with Crippen LogP contribution in [0.3, 0.4) is 0 Å². The second kappa shape index (κ2) is 8.72. The smallest absolute Gasteiger partial charge is 0.253 e. The van der Waals surface area contributed by atoms with Crippen LogP contribution >= 0.6 is 15.9 Å². The zero-order chi connectivity index (χ0) is 19.3. The van der Waals surface area contributed by atoms with Gasteiger partial charge in [-0.2, -0.15) is 0 Å². The highest BCUT2D eigenvalue weighted by molar-refractivity contribution is 9.10. The monoisotopic (exact) mass is 434 g/mol. The molecule has 0 aliphatic carbocycles. The van der Waals surface area contributed by atoms with Crippen LogP contribution in [-0.4, -0.2) is 41.9 Å². The Morgan fingerprint density at radius 3 is 1.86 bits per heavy atom. The SMILES string of the molecule is O=C(c1ccccc1)N1CCN(C(c2ccccc2)c2ccc(Br)cc2)CC1. The zero-order valence-corrected chi connectivity index (χ0v) is 17.3. The zero-order valence-electron chi connectivity index (χ0n) is 15.7. The normalized spacial score (nSPS) is 16.0. The van der Waals surface area contributed by atoms with E-state index in [2.05, 4.69) is 75.4 Å². The van der Waals surface area contributed by atoms with Gasteiger partial charge in [0.1, 0.15) is 0 Å². The number of benzene rings is 3. The van der Waals surface area contributed by atoms with Gasteiger partial charge in [0.15, 0.2) is 0 Å². The molecule has 0 aromatic heterocycles. The summed E-state index contributed by atoms with van der Waals surface area (Å²) >= 11 is 3.54. The van der Waals surface area contributed by atoms with Crippen molar-refractivity contribution >= 4 is 21.8 Å². The molecule has 0 spiro atoms. The molecule has 0 N–H and O–H groups in total. The highest BCUT2D eigenvalue weighted by Gasteiger charge is 2.28. The summed E-state index contributed by atoms with van der Waals surface area (Å²) in [6.07, 6.45) is 0. The van der Waals surface area contributed by atoms with Crippen molar-refractivity contribution in [2.75, 3.05) is 26.2 Å². The molecule has 0 bridgehead atoms. The predicted molar refractivity (Wildman–Crippen MR) is 116 cm³/mol. The Morgan fingerprint density at radius 2 is 1.25 bits per heavy atom. The lowest BCUT2D eigenvalue weighted by Gasteiger charge is -2.39. The van der Waals surface area contributed by atoms with Crippen LogP contribution in [0.5, 0.6) is 0 Å². The van der Waals surface area contributed by atoms with Crippen LogP contribution in [0.1, 0.15) is 27.5 Å². The number of halogens is 1. The minimum Gasteiger partial charge on any atom is -0.336 e. The molecular formula is C24H23BrN2O. The van der Waals surface area contributed by atoms with Gasteiger partial charge < -0.3 is 4.90 Å². The van der Waals surface area contributed by atoms with E-state index in [1.165, 1.54) is 11.1 Å². The van der Waals surface area contributed by atoms with Crippen molar-refractivity contribution in [1.29, 1.82) is 0 Å². The van der Waals surface area contributed by atoms with Gasteiger partial charge in [-0.3, -0.25) is 9.69 Å². The van der Waals surface area contributed by atoms with E-state index >= 15 is 0 Å². The molecule has 1 unspecified atom stereocenters. The summed E-state index contributed by atoms with van der Waals surface area (Å²) < 4.78 is 1.08. The Morgan fingerprint density at radius 1 is 0.714 bits per heavy atom. The number of nitrogens with zero attached hydrogens (tertiary/aromatic N) is 2. The predicted octanol–water partition coefficient (Wildman–Crippen LogP) is 5.00. The standard InChI is InChI=1S/C24H23BrN2O/c25-22-13-11-20(12-14-22)23(19-7-3-1-4-8-19)26-15-17-27(18-16-26)24(28)21-9-5-2-6-10-21/h1-14,23H,15-18H2. The lowest BCUT2D eigenvalue weighted by molar-refractivity contribution is 0.0597. The van der Waals surface area contributed by atoms with Crippen LogP contribution in [0.4, 0.5) is 0 Å². The minimum atomic E-state index is 0.125. The second-order valence-electron chi connectivity index (χ2n) is 7.06. The van der Waals surface area contributed by atoms with E-state index in [9.17, 15) is 4.79 Å². The summed E-state index contributed by atoms with van der Waals surface area (Å²) in [5.41, 5.74) is 3.33. The van der Waals surface area contributed by atoms with Gasteiger partial charge in [-0.1, -0.05) is 76.6 Å². The molecule has 142 valence electrons. The van der Waals surface area contributed by atoms with Crippen molar-refractivity contribution in [3.8, 4) is 0 Å². The molecule has 1 aliphatic rings. The molecule has 1 atom stereocenters. The number of amides is 1. The number of carbonyl (C=O) groups is 1. The highest BCUT2D eigenvalue weighted by Crippen LogP contribution is 2.30. The molecule has 4 heteroatoms. The van der Waals surface area contributed by atoms with Crippen molar-refractivity contribution < 1.29 is 4.79 Å². The molecule has 0 radical (unpaired) electrons. The molecule has 3 aromatic rings. The van der Waals surface area contributed by atoms with Crippen molar-refractivity contribution in [3.05, 3.63) is 106 Å². The molecule has 3 aromatic carbocycles. The lowest BCUT2D eigenvalue weighted by Crippen LogP contribution is -2.49. The van der Waals surface area contributed by atoms with Crippen molar-refractivity contribution in [1.82, 2.24) is 9.80 Å². The maximum atomic E-state index is 12.8. The van der Waals surface area contributed by atoms with Gasteiger partial charge in [-0.25, -0.2) is 0 Å². The highest BCUT2D eigenvalue weighted by atomic mass is 79.9. The average molecular weight is 435 g/mol. The fourth-order valence-electron chi connectivity index (χ4n) is 3.84. The Bertz CT molecular complexity index is 904. The van der Waals surface area contributed by atoms with Gasteiger partial charge in [0.05, 0.1) is 6.04 Å². The number of hydrogen-bond acceptors (Lipinski definition) is 2. The Labute approximate surface area is 174 Å². The van der Waals surface area contributed by atoms with Crippen LogP contribution in [-0.2, 0) is 0 Å².